The van der Waals surface area contributed by atoms with Crippen LogP contribution >= 0.6 is 0 Å². The Labute approximate surface area is 123 Å². The number of nitrogens with zero attached hydrogens (tertiary/aromatic N) is 3. The molecule has 0 aliphatic carbocycles. The summed E-state index contributed by atoms with van der Waals surface area (Å²) in [6.07, 6.45) is 4.05. The number of hydrogen-bond donors (Lipinski definition) is 1. The number of aromatic nitrogens is 2. The van der Waals surface area contributed by atoms with Crippen LogP contribution in [-0.2, 0) is 13.0 Å². The first-order chi connectivity index (χ1) is 10.0. The third-order valence-electron chi connectivity index (χ3n) is 3.88. The van der Waals surface area contributed by atoms with Gasteiger partial charge < -0.3 is 9.88 Å². The largest absolute Gasteiger partial charge is 0.380 e. The van der Waals surface area contributed by atoms with Gasteiger partial charge in [-0.05, 0) is 32.4 Å². The fourth-order valence-corrected chi connectivity index (χ4v) is 2.89. The van der Waals surface area contributed by atoms with Crippen LogP contribution in [0.5, 0.6) is 0 Å². The Morgan fingerprint density at radius 2 is 2.24 bits per heavy atom. The smallest absolute Gasteiger partial charge is 0.272 e. The maximum absolute atomic E-state index is 10.8. The second kappa shape index (κ2) is 5.20. The zero-order chi connectivity index (χ0) is 15.0. The fourth-order valence-electron chi connectivity index (χ4n) is 2.89. The normalized spacial score (nSPS) is 17.3. The van der Waals surface area contributed by atoms with E-state index in [2.05, 4.69) is 21.1 Å². The molecule has 2 heterocycles. The molecule has 0 radical (unpaired) electrons. The first kappa shape index (κ1) is 13.6. The van der Waals surface area contributed by atoms with Crippen LogP contribution in [0.3, 0.4) is 0 Å². The lowest BCUT2D eigenvalue weighted by Crippen LogP contribution is -2.31. The zero-order valence-corrected chi connectivity index (χ0v) is 12.2. The van der Waals surface area contributed by atoms with Crippen molar-refractivity contribution < 1.29 is 4.92 Å². The first-order valence-electron chi connectivity index (χ1n) is 7.07. The van der Waals surface area contributed by atoms with Gasteiger partial charge in [-0.2, -0.15) is 0 Å². The van der Waals surface area contributed by atoms with E-state index in [9.17, 15) is 10.1 Å². The third-order valence-corrected chi connectivity index (χ3v) is 3.88. The molecule has 1 aromatic heterocycles. The first-order valence-corrected chi connectivity index (χ1v) is 7.07. The van der Waals surface area contributed by atoms with Crippen LogP contribution in [0.15, 0.2) is 24.4 Å². The predicted octanol–water partition coefficient (Wildman–Crippen LogP) is 2.84. The monoisotopic (exact) mass is 286 g/mol. The van der Waals surface area contributed by atoms with Crippen molar-refractivity contribution >= 4 is 11.4 Å². The summed E-state index contributed by atoms with van der Waals surface area (Å²) in [6.45, 7) is 4.65. The van der Waals surface area contributed by atoms with Crippen LogP contribution in [-0.4, -0.2) is 20.5 Å². The van der Waals surface area contributed by atoms with Crippen molar-refractivity contribution in [2.45, 2.75) is 39.3 Å². The number of nitro benzene ring substituents is 1. The highest BCUT2D eigenvalue weighted by molar-refractivity contribution is 5.54. The maximum atomic E-state index is 10.8. The zero-order valence-electron chi connectivity index (χ0n) is 12.2. The molecule has 6 heteroatoms. The van der Waals surface area contributed by atoms with Crippen LogP contribution in [0.25, 0.3) is 0 Å². The van der Waals surface area contributed by atoms with Crippen LogP contribution < -0.4 is 5.32 Å². The quantitative estimate of drug-likeness (QED) is 0.695. The van der Waals surface area contributed by atoms with Crippen LogP contribution in [0, 0.1) is 24.0 Å². The van der Waals surface area contributed by atoms with Gasteiger partial charge in [0, 0.05) is 42.5 Å². The van der Waals surface area contributed by atoms with Crippen molar-refractivity contribution in [2.24, 2.45) is 0 Å². The highest BCUT2D eigenvalue weighted by atomic mass is 16.6. The number of hydrogen-bond acceptors (Lipinski definition) is 4. The van der Waals surface area contributed by atoms with E-state index in [1.54, 1.807) is 19.1 Å². The van der Waals surface area contributed by atoms with E-state index in [-0.39, 0.29) is 10.6 Å². The molecule has 1 atom stereocenters. The Hall–Kier alpha value is -2.37. The molecule has 1 N–H and O–H groups in total. The number of aryl methyl sites for hydroxylation is 3. The minimum Gasteiger partial charge on any atom is -0.380 e. The van der Waals surface area contributed by atoms with Gasteiger partial charge in [-0.1, -0.05) is 0 Å². The molecule has 0 amide bonds. The van der Waals surface area contributed by atoms with Gasteiger partial charge in [-0.3, -0.25) is 10.1 Å². The lowest BCUT2D eigenvalue weighted by Gasteiger charge is -2.25. The second-order valence-corrected chi connectivity index (χ2v) is 5.59. The van der Waals surface area contributed by atoms with Crippen LogP contribution in [0.2, 0.25) is 0 Å². The van der Waals surface area contributed by atoms with E-state index in [1.807, 2.05) is 13.0 Å². The minimum absolute atomic E-state index is 0.164. The van der Waals surface area contributed by atoms with Crippen molar-refractivity contribution in [3.05, 3.63) is 51.6 Å². The number of fused-ring (bicyclic) bond motifs is 1. The summed E-state index contributed by atoms with van der Waals surface area (Å²) < 4.78 is 2.19. The summed E-state index contributed by atoms with van der Waals surface area (Å²) in [5.41, 5.74) is 2.83. The highest BCUT2D eigenvalue weighted by Crippen LogP contribution is 2.24. The summed E-state index contributed by atoms with van der Waals surface area (Å²) in [4.78, 5) is 15.0. The number of nitrogens with one attached hydrogen (secondary N) is 1. The van der Waals surface area contributed by atoms with E-state index in [0.29, 0.717) is 11.6 Å². The molecular weight excluding hydrogens is 268 g/mol. The molecule has 1 aromatic carbocycles. The lowest BCUT2D eigenvalue weighted by atomic mass is 10.1. The molecule has 0 fully saturated rings. The van der Waals surface area contributed by atoms with Crippen molar-refractivity contribution in [2.75, 3.05) is 5.32 Å². The van der Waals surface area contributed by atoms with E-state index in [4.69, 9.17) is 0 Å². The summed E-state index contributed by atoms with van der Waals surface area (Å²) in [6, 6.07) is 5.51. The standard InChI is InChI=1S/C15H18N4O2/c1-10-7-12(3-5-14(10)19(20)21)17-13-4-6-15-16-11(2)8-18(15)9-13/h3,5,7-8,13,17H,4,6,9H2,1-2H3/t13-/m1/s1. The van der Waals surface area contributed by atoms with Crippen LogP contribution in [0.1, 0.15) is 23.5 Å². The molecular formula is C15H18N4O2. The topological polar surface area (TPSA) is 73.0 Å². The molecule has 0 unspecified atom stereocenters. The number of nitro groups is 1. The molecule has 0 saturated carbocycles. The molecule has 2 aromatic rings. The van der Waals surface area contributed by atoms with Gasteiger partial charge in [-0.15, -0.1) is 0 Å². The Balaban J connectivity index is 1.73. The number of rotatable bonds is 3. The summed E-state index contributed by atoms with van der Waals surface area (Å²) in [5, 5.41) is 14.3. The number of imidazole rings is 1. The third kappa shape index (κ3) is 2.74. The molecule has 6 nitrogen and oxygen atoms in total. The maximum Gasteiger partial charge on any atom is 0.272 e. The predicted molar refractivity (Wildman–Crippen MR) is 80.5 cm³/mol. The van der Waals surface area contributed by atoms with Gasteiger partial charge in [-0.25, -0.2) is 4.98 Å². The Morgan fingerprint density at radius 3 is 2.95 bits per heavy atom. The summed E-state index contributed by atoms with van der Waals surface area (Å²) >= 11 is 0. The number of benzene rings is 1. The molecule has 0 bridgehead atoms. The summed E-state index contributed by atoms with van der Waals surface area (Å²) in [5.74, 6) is 1.14. The average molecular weight is 286 g/mol. The van der Waals surface area contributed by atoms with Crippen LogP contribution in [0.4, 0.5) is 11.4 Å². The van der Waals surface area contributed by atoms with Gasteiger partial charge in [0.15, 0.2) is 0 Å². The van der Waals surface area contributed by atoms with Gasteiger partial charge in [0.25, 0.3) is 5.69 Å². The molecule has 1 aliphatic heterocycles. The van der Waals surface area contributed by atoms with E-state index < -0.39 is 0 Å². The van der Waals surface area contributed by atoms with E-state index >= 15 is 0 Å². The van der Waals surface area contributed by atoms with Crippen molar-refractivity contribution in [3.8, 4) is 0 Å². The van der Waals surface area contributed by atoms with Gasteiger partial charge in [0.05, 0.1) is 10.6 Å². The molecule has 0 saturated heterocycles. The molecule has 1 aliphatic rings. The SMILES string of the molecule is Cc1cn2c(n1)CC[C@@H](Nc1ccc([N+](=O)[O-])c(C)c1)C2. The second-order valence-electron chi connectivity index (χ2n) is 5.59. The fraction of sp³-hybridized carbons (Fsp3) is 0.400. The van der Waals surface area contributed by atoms with Crippen molar-refractivity contribution in [3.63, 3.8) is 0 Å². The molecule has 110 valence electrons. The Morgan fingerprint density at radius 1 is 1.43 bits per heavy atom. The van der Waals surface area contributed by atoms with Crippen molar-refractivity contribution in [1.82, 2.24) is 9.55 Å². The van der Waals surface area contributed by atoms with E-state index in [0.717, 1.165) is 36.6 Å². The van der Waals surface area contributed by atoms with E-state index in [1.165, 1.54) is 0 Å². The van der Waals surface area contributed by atoms with Gasteiger partial charge >= 0.3 is 0 Å². The number of anilines is 1. The molecule has 0 spiro atoms. The Bertz CT molecular complexity index is 693. The van der Waals surface area contributed by atoms with Crippen molar-refractivity contribution in [1.29, 1.82) is 0 Å². The van der Waals surface area contributed by atoms with Gasteiger partial charge in [0.2, 0.25) is 0 Å². The Kier molecular flexibility index (Phi) is 3.37. The average Bonchev–Trinajstić information content (AvgIpc) is 2.77. The minimum atomic E-state index is -0.347. The molecule has 21 heavy (non-hydrogen) atoms. The van der Waals surface area contributed by atoms with Gasteiger partial charge in [0.1, 0.15) is 5.82 Å². The summed E-state index contributed by atoms with van der Waals surface area (Å²) in [7, 11) is 0. The molecule has 3 rings (SSSR count). The highest BCUT2D eigenvalue weighted by Gasteiger charge is 2.20. The lowest BCUT2D eigenvalue weighted by molar-refractivity contribution is -0.385.